The first-order valence-corrected chi connectivity index (χ1v) is 9.75. The van der Waals surface area contributed by atoms with E-state index in [4.69, 9.17) is 14.8 Å². The first kappa shape index (κ1) is 17.8. The average Bonchev–Trinajstić information content (AvgIpc) is 3.29. The first-order valence-electron chi connectivity index (χ1n) is 9.75. The molecule has 0 atom stereocenters. The number of rotatable bonds is 6. The Kier molecular flexibility index (Phi) is 4.99. The Labute approximate surface area is 160 Å². The van der Waals surface area contributed by atoms with Gasteiger partial charge in [-0.05, 0) is 19.9 Å². The van der Waals surface area contributed by atoms with Gasteiger partial charge < -0.3 is 15.0 Å². The van der Waals surface area contributed by atoms with E-state index in [1.807, 2.05) is 36.6 Å². The highest BCUT2D eigenvalue weighted by molar-refractivity contribution is 5.84. The van der Waals surface area contributed by atoms with Gasteiger partial charge in [0.2, 0.25) is 0 Å². The maximum Gasteiger partial charge on any atom is 0.165 e. The summed E-state index contributed by atoms with van der Waals surface area (Å²) in [6.07, 6.45) is 2.71. The summed E-state index contributed by atoms with van der Waals surface area (Å²) in [7, 11) is 1.70. The van der Waals surface area contributed by atoms with Crippen molar-refractivity contribution in [2.75, 3.05) is 38.6 Å². The van der Waals surface area contributed by atoms with Gasteiger partial charge in [-0.3, -0.25) is 0 Å². The van der Waals surface area contributed by atoms with Crippen molar-refractivity contribution < 1.29 is 9.64 Å². The lowest BCUT2D eigenvalue weighted by atomic mass is 10.1. The zero-order chi connectivity index (χ0) is 18.8. The topological polar surface area (TPSA) is 55.9 Å². The standard InChI is InChI=1S/C21H27N5O/c1-15-14-19(22-10-13-25-11-6-7-12-25)26-21(23-15)20(16(2)24-26)17-8-4-5-9-18(17)27-3/h4-5,8-9,14,22H,6-7,10-13H2,1-3H3/p+1. The molecule has 4 rings (SSSR count). The number of hydrogen-bond acceptors (Lipinski definition) is 4. The van der Waals surface area contributed by atoms with E-state index in [1.165, 1.54) is 25.9 Å². The number of likely N-dealkylation sites (tertiary alicyclic amines) is 1. The smallest absolute Gasteiger partial charge is 0.165 e. The van der Waals surface area contributed by atoms with Gasteiger partial charge in [-0.2, -0.15) is 9.61 Å². The number of methoxy groups -OCH3 is 1. The summed E-state index contributed by atoms with van der Waals surface area (Å²) in [4.78, 5) is 6.48. The number of anilines is 1. The van der Waals surface area contributed by atoms with Crippen LogP contribution in [0.15, 0.2) is 30.3 Å². The van der Waals surface area contributed by atoms with Crippen LogP contribution in [0.4, 0.5) is 5.82 Å². The second-order valence-corrected chi connectivity index (χ2v) is 7.31. The lowest BCUT2D eigenvalue weighted by Gasteiger charge is -2.14. The highest BCUT2D eigenvalue weighted by atomic mass is 16.5. The average molecular weight is 366 g/mol. The number of quaternary nitrogens is 1. The van der Waals surface area contributed by atoms with Gasteiger partial charge in [0.05, 0.1) is 44.5 Å². The maximum absolute atomic E-state index is 5.57. The number of ether oxygens (including phenoxy) is 1. The van der Waals surface area contributed by atoms with Crippen LogP contribution in [-0.2, 0) is 0 Å². The van der Waals surface area contributed by atoms with Crippen LogP contribution in [0, 0.1) is 13.8 Å². The second kappa shape index (κ2) is 7.56. The number of benzene rings is 1. The van der Waals surface area contributed by atoms with E-state index >= 15 is 0 Å². The SMILES string of the molecule is COc1ccccc1-c1c(C)nn2c(NCC[NH+]3CCCC3)cc(C)nc12. The van der Waals surface area contributed by atoms with Crippen molar-refractivity contribution in [1.82, 2.24) is 14.6 Å². The molecule has 0 spiro atoms. The minimum Gasteiger partial charge on any atom is -0.496 e. The normalized spacial score (nSPS) is 14.8. The maximum atomic E-state index is 5.57. The molecule has 0 saturated carbocycles. The summed E-state index contributed by atoms with van der Waals surface area (Å²) in [5.74, 6) is 1.84. The molecule has 0 aliphatic carbocycles. The van der Waals surface area contributed by atoms with Crippen molar-refractivity contribution >= 4 is 11.5 Å². The third-order valence-electron chi connectivity index (χ3n) is 5.36. The summed E-state index contributed by atoms with van der Waals surface area (Å²) in [6, 6.07) is 10.1. The molecule has 0 radical (unpaired) electrons. The Hall–Kier alpha value is -2.60. The van der Waals surface area contributed by atoms with E-state index in [1.54, 1.807) is 12.0 Å². The van der Waals surface area contributed by atoms with E-state index in [9.17, 15) is 0 Å². The van der Waals surface area contributed by atoms with Gasteiger partial charge in [-0.1, -0.05) is 18.2 Å². The van der Waals surface area contributed by atoms with Gasteiger partial charge in [0.25, 0.3) is 0 Å². The summed E-state index contributed by atoms with van der Waals surface area (Å²) < 4.78 is 7.51. The zero-order valence-corrected chi connectivity index (χ0v) is 16.4. The number of fused-ring (bicyclic) bond motifs is 1. The van der Waals surface area contributed by atoms with Crippen molar-refractivity contribution in [2.45, 2.75) is 26.7 Å². The molecule has 0 amide bonds. The molecule has 2 N–H and O–H groups in total. The Bertz CT molecular complexity index is 943. The molecule has 2 aromatic heterocycles. The van der Waals surface area contributed by atoms with Crippen LogP contribution in [0.2, 0.25) is 0 Å². The summed E-state index contributed by atoms with van der Waals surface area (Å²) in [5.41, 5.74) is 4.86. The molecule has 3 aromatic rings. The zero-order valence-electron chi connectivity index (χ0n) is 16.4. The molecule has 1 saturated heterocycles. The van der Waals surface area contributed by atoms with Crippen molar-refractivity contribution in [3.05, 3.63) is 41.7 Å². The largest absolute Gasteiger partial charge is 0.496 e. The number of aryl methyl sites for hydroxylation is 2. The van der Waals surface area contributed by atoms with E-state index in [0.29, 0.717) is 0 Å². The first-order chi connectivity index (χ1) is 13.2. The minimum atomic E-state index is 0.839. The minimum absolute atomic E-state index is 0.839. The third-order valence-corrected chi connectivity index (χ3v) is 5.36. The summed E-state index contributed by atoms with van der Waals surface area (Å²) in [5, 5.41) is 8.37. The molecule has 1 aromatic carbocycles. The van der Waals surface area contributed by atoms with Crippen molar-refractivity contribution in [3.8, 4) is 16.9 Å². The van der Waals surface area contributed by atoms with Crippen LogP contribution < -0.4 is 15.0 Å². The van der Waals surface area contributed by atoms with E-state index in [0.717, 1.165) is 52.8 Å². The fourth-order valence-electron chi connectivity index (χ4n) is 4.03. The quantitative estimate of drug-likeness (QED) is 0.702. The van der Waals surface area contributed by atoms with Crippen molar-refractivity contribution in [1.29, 1.82) is 0 Å². The molecule has 27 heavy (non-hydrogen) atoms. The van der Waals surface area contributed by atoms with Gasteiger partial charge in [-0.25, -0.2) is 4.98 Å². The predicted molar refractivity (Wildman–Crippen MR) is 108 cm³/mol. The van der Waals surface area contributed by atoms with Crippen molar-refractivity contribution in [2.24, 2.45) is 0 Å². The number of hydrogen-bond donors (Lipinski definition) is 2. The van der Waals surface area contributed by atoms with Gasteiger partial charge in [0.15, 0.2) is 5.65 Å². The monoisotopic (exact) mass is 366 g/mol. The molecule has 3 heterocycles. The molecule has 1 fully saturated rings. The van der Waals surface area contributed by atoms with E-state index < -0.39 is 0 Å². The molecular weight excluding hydrogens is 338 g/mol. The fraction of sp³-hybridized carbons (Fsp3) is 0.429. The Morgan fingerprint density at radius 3 is 2.74 bits per heavy atom. The second-order valence-electron chi connectivity index (χ2n) is 7.31. The lowest BCUT2D eigenvalue weighted by molar-refractivity contribution is -0.885. The van der Waals surface area contributed by atoms with Gasteiger partial charge in [0, 0.05) is 30.2 Å². The molecule has 1 aliphatic rings. The number of para-hydroxylation sites is 1. The highest BCUT2D eigenvalue weighted by Crippen LogP contribution is 2.35. The van der Waals surface area contributed by atoms with Crippen LogP contribution >= 0.6 is 0 Å². The van der Waals surface area contributed by atoms with Crippen molar-refractivity contribution in [3.63, 3.8) is 0 Å². The van der Waals surface area contributed by atoms with E-state index in [-0.39, 0.29) is 0 Å². The Balaban J connectivity index is 1.70. The van der Waals surface area contributed by atoms with Gasteiger partial charge >= 0.3 is 0 Å². The highest BCUT2D eigenvalue weighted by Gasteiger charge is 2.19. The number of nitrogens with one attached hydrogen (secondary N) is 2. The molecule has 0 bridgehead atoms. The van der Waals surface area contributed by atoms with Crippen LogP contribution in [0.3, 0.4) is 0 Å². The lowest BCUT2D eigenvalue weighted by Crippen LogP contribution is -3.10. The number of nitrogens with zero attached hydrogens (tertiary/aromatic N) is 3. The molecule has 1 aliphatic heterocycles. The van der Waals surface area contributed by atoms with E-state index in [2.05, 4.69) is 17.4 Å². The molecule has 6 nitrogen and oxygen atoms in total. The van der Waals surface area contributed by atoms with Crippen LogP contribution in [0.1, 0.15) is 24.2 Å². The fourth-order valence-corrected chi connectivity index (χ4v) is 4.03. The molecule has 142 valence electrons. The Morgan fingerprint density at radius 1 is 1.19 bits per heavy atom. The molecular formula is C21H28N5O+. The molecule has 6 heteroatoms. The Morgan fingerprint density at radius 2 is 1.96 bits per heavy atom. The van der Waals surface area contributed by atoms with Gasteiger partial charge in [-0.15, -0.1) is 0 Å². The van der Waals surface area contributed by atoms with Crippen LogP contribution in [0.25, 0.3) is 16.8 Å². The third kappa shape index (κ3) is 3.49. The summed E-state index contributed by atoms with van der Waals surface area (Å²) in [6.45, 7) is 8.74. The molecule has 0 unspecified atom stereocenters. The number of aromatic nitrogens is 3. The van der Waals surface area contributed by atoms with Crippen LogP contribution in [-0.4, -0.2) is 47.9 Å². The predicted octanol–water partition coefficient (Wildman–Crippen LogP) is 2.11. The van der Waals surface area contributed by atoms with Gasteiger partial charge in [0.1, 0.15) is 11.6 Å². The summed E-state index contributed by atoms with van der Waals surface area (Å²) >= 11 is 0. The van der Waals surface area contributed by atoms with Crippen LogP contribution in [0.5, 0.6) is 5.75 Å².